The summed E-state index contributed by atoms with van der Waals surface area (Å²) >= 11 is 8.97. The molecule has 0 aliphatic rings. The molecule has 0 saturated carbocycles. The number of rotatable bonds is 6. The van der Waals surface area contributed by atoms with Crippen LogP contribution in [0.2, 0.25) is 5.02 Å². The van der Waals surface area contributed by atoms with E-state index in [-0.39, 0.29) is 26.0 Å². The minimum atomic E-state index is -3.99. The summed E-state index contributed by atoms with van der Waals surface area (Å²) in [6.07, 6.45) is 0.633. The molecule has 0 heterocycles. The van der Waals surface area contributed by atoms with Crippen molar-refractivity contribution < 1.29 is 17.9 Å². The zero-order valence-corrected chi connectivity index (χ0v) is 14.7. The first kappa shape index (κ1) is 18.4. The fourth-order valence-electron chi connectivity index (χ4n) is 1.58. The summed E-state index contributed by atoms with van der Waals surface area (Å²) in [5.74, 6) is -0.432. The van der Waals surface area contributed by atoms with Gasteiger partial charge in [0, 0.05) is 25.3 Å². The molecule has 1 amide bonds. The number of methoxy groups -OCH3 is 1. The van der Waals surface area contributed by atoms with Crippen LogP contribution in [0.1, 0.15) is 23.7 Å². The lowest BCUT2D eigenvalue weighted by Crippen LogP contribution is -2.33. The second-order valence-corrected chi connectivity index (χ2v) is 7.20. The summed E-state index contributed by atoms with van der Waals surface area (Å²) in [4.78, 5) is 11.9. The predicted molar refractivity (Wildman–Crippen MR) is 83.9 cm³/mol. The minimum absolute atomic E-state index is 0.0937. The smallest absolute Gasteiger partial charge is 0.251 e. The molecule has 0 aliphatic heterocycles. The molecular weight excluding hydrogens is 384 g/mol. The normalized spacial score (nSPS) is 13.0. The average molecular weight is 400 g/mol. The summed E-state index contributed by atoms with van der Waals surface area (Å²) in [7, 11) is -2.42. The number of carbonyl (C=O) groups excluding carboxylic acids is 1. The lowest BCUT2D eigenvalue weighted by atomic mass is 10.2. The van der Waals surface area contributed by atoms with E-state index in [1.165, 1.54) is 12.1 Å². The van der Waals surface area contributed by atoms with Crippen molar-refractivity contribution in [2.45, 2.75) is 24.3 Å². The highest BCUT2D eigenvalue weighted by molar-refractivity contribution is 9.10. The largest absolute Gasteiger partial charge is 0.385 e. The summed E-state index contributed by atoms with van der Waals surface area (Å²) in [6.45, 7) is 2.32. The molecule has 0 aromatic heterocycles. The van der Waals surface area contributed by atoms with Gasteiger partial charge in [0.25, 0.3) is 5.91 Å². The third-order valence-corrected chi connectivity index (χ3v) is 5.27. The number of benzene rings is 1. The number of nitrogens with one attached hydrogen (secondary N) is 1. The van der Waals surface area contributed by atoms with Crippen LogP contribution in [0.15, 0.2) is 21.5 Å². The Labute approximate surface area is 137 Å². The van der Waals surface area contributed by atoms with E-state index in [0.29, 0.717) is 13.0 Å². The molecule has 3 N–H and O–H groups in total. The van der Waals surface area contributed by atoms with Gasteiger partial charge in [-0.3, -0.25) is 4.79 Å². The van der Waals surface area contributed by atoms with E-state index in [2.05, 4.69) is 21.2 Å². The molecule has 0 bridgehead atoms. The van der Waals surface area contributed by atoms with Crippen molar-refractivity contribution in [3.63, 3.8) is 0 Å². The Hall–Kier alpha value is -0.670. The molecule has 0 aliphatic carbocycles. The number of hydrogen-bond donors (Lipinski definition) is 2. The average Bonchev–Trinajstić information content (AvgIpc) is 2.37. The fourth-order valence-corrected chi connectivity index (χ4v) is 3.41. The maximum absolute atomic E-state index is 12.1. The van der Waals surface area contributed by atoms with E-state index in [0.717, 1.165) is 0 Å². The number of amides is 1. The Balaban J connectivity index is 3.04. The molecule has 21 heavy (non-hydrogen) atoms. The lowest BCUT2D eigenvalue weighted by Gasteiger charge is -2.14. The third kappa shape index (κ3) is 5.23. The molecule has 118 valence electrons. The summed E-state index contributed by atoms with van der Waals surface area (Å²) in [5.41, 5.74) is 0.122. The van der Waals surface area contributed by atoms with Crippen LogP contribution in [0, 0.1) is 0 Å². The van der Waals surface area contributed by atoms with Gasteiger partial charge in [-0.25, -0.2) is 13.6 Å². The van der Waals surface area contributed by atoms with Gasteiger partial charge in [0.05, 0.1) is 14.4 Å². The number of carbonyl (C=O) groups is 1. The lowest BCUT2D eigenvalue weighted by molar-refractivity contribution is 0.0929. The zero-order valence-electron chi connectivity index (χ0n) is 11.5. The van der Waals surface area contributed by atoms with Crippen LogP contribution in [-0.4, -0.2) is 34.1 Å². The second-order valence-electron chi connectivity index (χ2n) is 4.47. The van der Waals surface area contributed by atoms with Gasteiger partial charge in [0.2, 0.25) is 10.0 Å². The van der Waals surface area contributed by atoms with Gasteiger partial charge in [-0.05, 0) is 41.4 Å². The SMILES string of the molecule is COCCC(C)NC(=O)c1cc(Cl)c(Br)c(S(N)(=O)=O)c1. The Kier molecular flexibility index (Phi) is 6.61. The first-order valence-corrected chi connectivity index (χ1v) is 8.70. The summed E-state index contributed by atoms with van der Waals surface area (Å²) < 4.78 is 28.0. The molecular formula is C12H16BrClN2O4S. The van der Waals surface area contributed by atoms with Crippen LogP contribution in [0.3, 0.4) is 0 Å². The van der Waals surface area contributed by atoms with Crippen molar-refractivity contribution in [1.82, 2.24) is 5.32 Å². The number of nitrogens with two attached hydrogens (primary N) is 1. The van der Waals surface area contributed by atoms with Crippen molar-refractivity contribution in [2.24, 2.45) is 5.14 Å². The van der Waals surface area contributed by atoms with E-state index in [4.69, 9.17) is 21.5 Å². The van der Waals surface area contributed by atoms with Crippen LogP contribution in [-0.2, 0) is 14.8 Å². The van der Waals surface area contributed by atoms with E-state index >= 15 is 0 Å². The highest BCUT2D eigenvalue weighted by atomic mass is 79.9. The third-order valence-electron chi connectivity index (χ3n) is 2.70. The van der Waals surface area contributed by atoms with Crippen LogP contribution in [0.25, 0.3) is 0 Å². The monoisotopic (exact) mass is 398 g/mol. The number of ether oxygens (including phenoxy) is 1. The maximum atomic E-state index is 12.1. The van der Waals surface area contributed by atoms with E-state index < -0.39 is 15.9 Å². The van der Waals surface area contributed by atoms with Crippen molar-refractivity contribution in [1.29, 1.82) is 0 Å². The number of sulfonamides is 1. The summed E-state index contributed by atoms with van der Waals surface area (Å²) in [6, 6.07) is 2.43. The standard InChI is InChI=1S/C12H16BrClN2O4S/c1-7(3-4-20-2)16-12(17)8-5-9(14)11(13)10(6-8)21(15,18)19/h5-7H,3-4H2,1-2H3,(H,16,17)(H2,15,18,19). The van der Waals surface area contributed by atoms with E-state index in [9.17, 15) is 13.2 Å². The van der Waals surface area contributed by atoms with Gasteiger partial charge < -0.3 is 10.1 Å². The second kappa shape index (κ2) is 7.55. The van der Waals surface area contributed by atoms with Crippen molar-refractivity contribution >= 4 is 43.5 Å². The Bertz CT molecular complexity index is 636. The first-order chi connectivity index (χ1) is 9.66. The van der Waals surface area contributed by atoms with Crippen molar-refractivity contribution in [3.05, 3.63) is 27.2 Å². The van der Waals surface area contributed by atoms with E-state index in [1.54, 1.807) is 7.11 Å². The van der Waals surface area contributed by atoms with Gasteiger partial charge in [-0.1, -0.05) is 11.6 Å². The van der Waals surface area contributed by atoms with E-state index in [1.807, 2.05) is 6.92 Å². The minimum Gasteiger partial charge on any atom is -0.385 e. The topological polar surface area (TPSA) is 98.5 Å². The number of primary sulfonamides is 1. The fraction of sp³-hybridized carbons (Fsp3) is 0.417. The molecule has 6 nitrogen and oxygen atoms in total. The summed E-state index contributed by atoms with van der Waals surface area (Å²) in [5, 5.41) is 7.92. The van der Waals surface area contributed by atoms with Crippen LogP contribution in [0.4, 0.5) is 0 Å². The number of hydrogen-bond acceptors (Lipinski definition) is 4. The van der Waals surface area contributed by atoms with Gasteiger partial charge in [-0.2, -0.15) is 0 Å². The molecule has 0 radical (unpaired) electrons. The van der Waals surface area contributed by atoms with Crippen molar-refractivity contribution in [2.75, 3.05) is 13.7 Å². The van der Waals surface area contributed by atoms with Gasteiger partial charge >= 0.3 is 0 Å². The Morgan fingerprint density at radius 1 is 1.52 bits per heavy atom. The molecule has 0 spiro atoms. The highest BCUT2D eigenvalue weighted by Gasteiger charge is 2.20. The quantitative estimate of drug-likeness (QED) is 0.763. The molecule has 0 saturated heterocycles. The molecule has 9 heteroatoms. The Morgan fingerprint density at radius 3 is 2.67 bits per heavy atom. The van der Waals surface area contributed by atoms with Gasteiger partial charge in [0.1, 0.15) is 0 Å². The Morgan fingerprint density at radius 2 is 2.14 bits per heavy atom. The first-order valence-electron chi connectivity index (χ1n) is 5.98. The van der Waals surface area contributed by atoms with Gasteiger partial charge in [-0.15, -0.1) is 0 Å². The van der Waals surface area contributed by atoms with Crippen molar-refractivity contribution in [3.8, 4) is 0 Å². The van der Waals surface area contributed by atoms with Crippen LogP contribution in [0.5, 0.6) is 0 Å². The molecule has 1 unspecified atom stereocenters. The molecule has 0 fully saturated rings. The van der Waals surface area contributed by atoms with Crippen LogP contribution < -0.4 is 10.5 Å². The predicted octanol–water partition coefficient (Wildman–Crippen LogP) is 1.90. The zero-order chi connectivity index (χ0) is 16.2. The molecule has 1 rings (SSSR count). The molecule has 1 aromatic rings. The van der Waals surface area contributed by atoms with Gasteiger partial charge in [0.15, 0.2) is 0 Å². The molecule has 1 atom stereocenters. The molecule has 1 aromatic carbocycles. The maximum Gasteiger partial charge on any atom is 0.251 e. The number of halogens is 2. The van der Waals surface area contributed by atoms with Crippen LogP contribution >= 0.6 is 27.5 Å². The highest BCUT2D eigenvalue weighted by Crippen LogP contribution is 2.30.